The minimum atomic E-state index is 0.723. The van der Waals surface area contributed by atoms with Crippen LogP contribution in [-0.4, -0.2) is 6.54 Å². The normalized spacial score (nSPS) is 11.1. The fraction of sp³-hybridized carbons (Fsp3) is 0.176. The zero-order valence-electron chi connectivity index (χ0n) is 11.3. The molecule has 0 bridgehead atoms. The number of nitrogens with one attached hydrogen (secondary N) is 1. The van der Waals surface area contributed by atoms with Crippen LogP contribution in [0.4, 0.5) is 0 Å². The molecule has 2 aromatic carbocycles. The quantitative estimate of drug-likeness (QED) is 0.740. The Morgan fingerprint density at radius 3 is 2.75 bits per heavy atom. The number of furan rings is 1. The number of benzene rings is 2. The molecule has 1 heterocycles. The van der Waals surface area contributed by atoms with Crippen molar-refractivity contribution in [2.75, 3.05) is 6.54 Å². The topological polar surface area (TPSA) is 25.2 Å². The highest BCUT2D eigenvalue weighted by Crippen LogP contribution is 2.31. The third-order valence-corrected chi connectivity index (χ3v) is 3.56. The summed E-state index contributed by atoms with van der Waals surface area (Å²) in [6.07, 6.45) is 0. The largest absolute Gasteiger partial charge is 0.456 e. The summed E-state index contributed by atoms with van der Waals surface area (Å²) >= 11 is 6.14. The summed E-state index contributed by atoms with van der Waals surface area (Å²) in [5, 5.41) is 5.17. The van der Waals surface area contributed by atoms with Gasteiger partial charge in [0, 0.05) is 22.5 Å². The van der Waals surface area contributed by atoms with Gasteiger partial charge in [0.2, 0.25) is 0 Å². The number of hydrogen-bond donors (Lipinski definition) is 1. The molecule has 0 spiro atoms. The van der Waals surface area contributed by atoms with Crippen LogP contribution in [0.15, 0.2) is 52.9 Å². The Hall–Kier alpha value is -1.77. The molecule has 20 heavy (non-hydrogen) atoms. The van der Waals surface area contributed by atoms with Crippen LogP contribution < -0.4 is 5.32 Å². The standard InChI is InChI=1S/C17H16ClNO/c1-2-19-11-13-7-8-14(18)10-15(13)17-9-12-5-3-4-6-16(12)20-17/h3-10,19H,2,11H2,1H3. The van der Waals surface area contributed by atoms with E-state index >= 15 is 0 Å². The van der Waals surface area contributed by atoms with E-state index in [1.165, 1.54) is 5.56 Å². The molecule has 1 N–H and O–H groups in total. The van der Waals surface area contributed by atoms with E-state index in [1.54, 1.807) is 0 Å². The summed E-state index contributed by atoms with van der Waals surface area (Å²) in [5.74, 6) is 0.863. The van der Waals surface area contributed by atoms with Crippen LogP contribution in [0.1, 0.15) is 12.5 Å². The molecule has 0 aliphatic rings. The number of hydrogen-bond acceptors (Lipinski definition) is 2. The van der Waals surface area contributed by atoms with Crippen molar-refractivity contribution in [3.63, 3.8) is 0 Å². The lowest BCUT2D eigenvalue weighted by Crippen LogP contribution is -2.12. The van der Waals surface area contributed by atoms with Crippen molar-refractivity contribution in [2.24, 2.45) is 0 Å². The smallest absolute Gasteiger partial charge is 0.135 e. The third kappa shape index (κ3) is 2.58. The maximum absolute atomic E-state index is 6.14. The van der Waals surface area contributed by atoms with Crippen molar-refractivity contribution in [1.82, 2.24) is 5.32 Å². The van der Waals surface area contributed by atoms with Crippen molar-refractivity contribution in [3.05, 3.63) is 59.1 Å². The summed E-state index contributed by atoms with van der Waals surface area (Å²) in [5.41, 5.74) is 3.14. The van der Waals surface area contributed by atoms with E-state index in [2.05, 4.69) is 24.4 Å². The number of fused-ring (bicyclic) bond motifs is 1. The fourth-order valence-corrected chi connectivity index (χ4v) is 2.48. The average Bonchev–Trinajstić information content (AvgIpc) is 2.89. The maximum atomic E-state index is 6.14. The lowest BCUT2D eigenvalue weighted by molar-refractivity contribution is 0.629. The molecular formula is C17H16ClNO. The van der Waals surface area contributed by atoms with E-state index in [9.17, 15) is 0 Å². The summed E-state index contributed by atoms with van der Waals surface area (Å²) in [4.78, 5) is 0. The van der Waals surface area contributed by atoms with Gasteiger partial charge in [-0.3, -0.25) is 0 Å². The summed E-state index contributed by atoms with van der Waals surface area (Å²) in [7, 11) is 0. The first kappa shape index (κ1) is 13.2. The van der Waals surface area contributed by atoms with Crippen LogP contribution in [0, 0.1) is 0 Å². The van der Waals surface area contributed by atoms with Crippen molar-refractivity contribution in [2.45, 2.75) is 13.5 Å². The molecule has 3 rings (SSSR count). The molecular weight excluding hydrogens is 270 g/mol. The van der Waals surface area contributed by atoms with Gasteiger partial charge in [-0.1, -0.05) is 42.8 Å². The van der Waals surface area contributed by atoms with Gasteiger partial charge in [0.1, 0.15) is 11.3 Å². The van der Waals surface area contributed by atoms with Gasteiger partial charge in [0.05, 0.1) is 0 Å². The molecule has 0 fully saturated rings. The van der Waals surface area contributed by atoms with Gasteiger partial charge in [-0.2, -0.15) is 0 Å². The van der Waals surface area contributed by atoms with Gasteiger partial charge in [-0.25, -0.2) is 0 Å². The van der Waals surface area contributed by atoms with Crippen molar-refractivity contribution >= 4 is 22.6 Å². The van der Waals surface area contributed by atoms with Crippen molar-refractivity contribution < 1.29 is 4.42 Å². The lowest BCUT2D eigenvalue weighted by Gasteiger charge is -2.08. The second kappa shape index (κ2) is 5.70. The van der Waals surface area contributed by atoms with Crippen molar-refractivity contribution in [3.8, 4) is 11.3 Å². The average molecular weight is 286 g/mol. The molecule has 0 atom stereocenters. The second-order valence-electron chi connectivity index (χ2n) is 4.73. The molecule has 0 aliphatic carbocycles. The highest BCUT2D eigenvalue weighted by atomic mass is 35.5. The van der Waals surface area contributed by atoms with E-state index in [-0.39, 0.29) is 0 Å². The predicted octanol–water partition coefficient (Wildman–Crippen LogP) is 4.86. The molecule has 0 unspecified atom stereocenters. The van der Waals surface area contributed by atoms with Gasteiger partial charge in [-0.15, -0.1) is 0 Å². The Labute approximate surface area is 123 Å². The lowest BCUT2D eigenvalue weighted by atomic mass is 10.0. The van der Waals surface area contributed by atoms with E-state index in [4.69, 9.17) is 16.0 Å². The van der Waals surface area contributed by atoms with E-state index in [1.807, 2.05) is 36.4 Å². The fourth-order valence-electron chi connectivity index (χ4n) is 2.31. The number of rotatable bonds is 4. The first-order valence-corrected chi connectivity index (χ1v) is 7.14. The molecule has 3 heteroatoms. The Kier molecular flexibility index (Phi) is 3.77. The monoisotopic (exact) mass is 285 g/mol. The Balaban J connectivity index is 2.09. The van der Waals surface area contributed by atoms with Gasteiger partial charge in [0.15, 0.2) is 0 Å². The molecule has 0 amide bonds. The first-order chi connectivity index (χ1) is 9.78. The highest BCUT2D eigenvalue weighted by molar-refractivity contribution is 6.30. The zero-order valence-corrected chi connectivity index (χ0v) is 12.1. The van der Waals surface area contributed by atoms with E-state index in [0.717, 1.165) is 40.4 Å². The van der Waals surface area contributed by atoms with Crippen LogP contribution in [-0.2, 0) is 6.54 Å². The van der Waals surface area contributed by atoms with Crippen molar-refractivity contribution in [1.29, 1.82) is 0 Å². The van der Waals surface area contributed by atoms with E-state index < -0.39 is 0 Å². The molecule has 102 valence electrons. The molecule has 1 aromatic heterocycles. The molecule has 3 aromatic rings. The third-order valence-electron chi connectivity index (χ3n) is 3.33. The van der Waals surface area contributed by atoms with Crippen LogP contribution in [0.25, 0.3) is 22.3 Å². The first-order valence-electron chi connectivity index (χ1n) is 6.76. The number of para-hydroxylation sites is 1. The summed E-state index contributed by atoms with van der Waals surface area (Å²) in [6, 6.07) is 16.0. The van der Waals surface area contributed by atoms with Crippen LogP contribution >= 0.6 is 11.6 Å². The summed E-state index contributed by atoms with van der Waals surface area (Å²) in [6.45, 7) is 3.83. The van der Waals surface area contributed by atoms with E-state index in [0.29, 0.717) is 0 Å². The molecule has 0 aliphatic heterocycles. The SMILES string of the molecule is CCNCc1ccc(Cl)cc1-c1cc2ccccc2o1. The van der Waals surface area contributed by atoms with Crippen LogP contribution in [0.5, 0.6) is 0 Å². The Morgan fingerprint density at radius 2 is 1.95 bits per heavy atom. The minimum absolute atomic E-state index is 0.723. The van der Waals surface area contributed by atoms with Crippen LogP contribution in [0.3, 0.4) is 0 Å². The molecule has 0 saturated heterocycles. The molecule has 2 nitrogen and oxygen atoms in total. The highest BCUT2D eigenvalue weighted by Gasteiger charge is 2.11. The van der Waals surface area contributed by atoms with Crippen LogP contribution in [0.2, 0.25) is 5.02 Å². The molecule has 0 radical (unpaired) electrons. The van der Waals surface area contributed by atoms with Gasteiger partial charge in [0.25, 0.3) is 0 Å². The maximum Gasteiger partial charge on any atom is 0.135 e. The summed E-state index contributed by atoms with van der Waals surface area (Å²) < 4.78 is 5.94. The molecule has 0 saturated carbocycles. The Morgan fingerprint density at radius 1 is 1.10 bits per heavy atom. The second-order valence-corrected chi connectivity index (χ2v) is 5.17. The minimum Gasteiger partial charge on any atom is -0.456 e. The Bertz CT molecular complexity index is 700. The van der Waals surface area contributed by atoms with Gasteiger partial charge in [-0.05, 0) is 36.4 Å². The predicted molar refractivity (Wildman–Crippen MR) is 84.0 cm³/mol. The van der Waals surface area contributed by atoms with Gasteiger partial charge < -0.3 is 9.73 Å². The number of halogens is 1. The van der Waals surface area contributed by atoms with Gasteiger partial charge >= 0.3 is 0 Å². The zero-order chi connectivity index (χ0) is 13.9.